The minimum absolute atomic E-state index is 0.138. The molecule has 8 heteroatoms. The molecule has 7 nitrogen and oxygen atoms in total. The predicted molar refractivity (Wildman–Crippen MR) is 94.8 cm³/mol. The van der Waals surface area contributed by atoms with Crippen molar-refractivity contribution in [1.82, 2.24) is 14.5 Å². The summed E-state index contributed by atoms with van der Waals surface area (Å²) in [6, 6.07) is 5.36. The fraction of sp³-hybridized carbons (Fsp3) is 0.438. The van der Waals surface area contributed by atoms with E-state index in [4.69, 9.17) is 10.00 Å². The summed E-state index contributed by atoms with van der Waals surface area (Å²) in [5.74, 6) is 0.291. The standard InChI is InChI=1S/C16H18BrN5O2/c17-12-2-3-14-13(10-12)15(23)22(16(20-14)19-11-18)5-1-4-21-6-8-24-9-7-21/h2-3,10H,1,4-9H2,(H,19,20). The van der Waals surface area contributed by atoms with Crippen molar-refractivity contribution in [3.05, 3.63) is 33.0 Å². The van der Waals surface area contributed by atoms with E-state index in [2.05, 4.69) is 31.1 Å². The van der Waals surface area contributed by atoms with Crippen LogP contribution in [0.2, 0.25) is 0 Å². The van der Waals surface area contributed by atoms with E-state index in [0.717, 1.165) is 43.7 Å². The number of nitrogens with zero attached hydrogens (tertiary/aromatic N) is 4. The maximum absolute atomic E-state index is 12.8. The lowest BCUT2D eigenvalue weighted by Crippen LogP contribution is -2.37. The first-order valence-corrected chi connectivity index (χ1v) is 8.63. The van der Waals surface area contributed by atoms with Crippen LogP contribution in [0.15, 0.2) is 27.5 Å². The summed E-state index contributed by atoms with van der Waals surface area (Å²) >= 11 is 3.38. The third-order valence-electron chi connectivity index (χ3n) is 4.04. The van der Waals surface area contributed by atoms with Gasteiger partial charge in [-0.25, -0.2) is 4.98 Å². The quantitative estimate of drug-likeness (QED) is 0.617. The first kappa shape index (κ1) is 16.9. The van der Waals surface area contributed by atoms with Gasteiger partial charge in [-0.15, -0.1) is 0 Å². The Morgan fingerprint density at radius 3 is 2.88 bits per heavy atom. The fourth-order valence-electron chi connectivity index (χ4n) is 2.82. The molecule has 1 aliphatic rings. The number of halogens is 1. The number of nitrogens with one attached hydrogen (secondary N) is 1. The van der Waals surface area contributed by atoms with Gasteiger partial charge in [0, 0.05) is 30.7 Å². The van der Waals surface area contributed by atoms with Crippen LogP contribution in [0.25, 0.3) is 10.9 Å². The summed E-state index contributed by atoms with van der Waals surface area (Å²) in [5, 5.41) is 12.0. The Morgan fingerprint density at radius 2 is 2.12 bits per heavy atom. The Kier molecular flexibility index (Phi) is 5.45. The van der Waals surface area contributed by atoms with Crippen LogP contribution in [0.3, 0.4) is 0 Å². The average molecular weight is 392 g/mol. The number of hydrogen-bond acceptors (Lipinski definition) is 6. The van der Waals surface area contributed by atoms with E-state index >= 15 is 0 Å². The lowest BCUT2D eigenvalue weighted by Gasteiger charge is -2.26. The highest BCUT2D eigenvalue weighted by molar-refractivity contribution is 9.10. The van der Waals surface area contributed by atoms with E-state index in [9.17, 15) is 4.79 Å². The lowest BCUT2D eigenvalue weighted by atomic mass is 10.2. The zero-order chi connectivity index (χ0) is 16.9. The van der Waals surface area contributed by atoms with E-state index in [1.807, 2.05) is 12.3 Å². The minimum atomic E-state index is -0.138. The van der Waals surface area contributed by atoms with E-state index in [1.165, 1.54) is 0 Å². The van der Waals surface area contributed by atoms with Crippen molar-refractivity contribution in [3.63, 3.8) is 0 Å². The van der Waals surface area contributed by atoms with Gasteiger partial charge in [0.15, 0.2) is 6.19 Å². The molecule has 0 atom stereocenters. The van der Waals surface area contributed by atoms with Crippen molar-refractivity contribution in [2.75, 3.05) is 38.2 Å². The number of hydrogen-bond donors (Lipinski definition) is 1. The van der Waals surface area contributed by atoms with Crippen LogP contribution in [0.5, 0.6) is 0 Å². The van der Waals surface area contributed by atoms with Crippen LogP contribution in [0, 0.1) is 11.5 Å². The second-order valence-corrected chi connectivity index (χ2v) is 6.51. The van der Waals surface area contributed by atoms with Crippen molar-refractivity contribution < 1.29 is 4.74 Å². The third kappa shape index (κ3) is 3.75. The molecule has 1 aromatic carbocycles. The van der Waals surface area contributed by atoms with Gasteiger partial charge in [0.1, 0.15) is 0 Å². The number of ether oxygens (including phenoxy) is 1. The summed E-state index contributed by atoms with van der Waals surface area (Å²) in [7, 11) is 0. The highest BCUT2D eigenvalue weighted by Gasteiger charge is 2.13. The predicted octanol–water partition coefficient (Wildman–Crippen LogP) is 1.77. The summed E-state index contributed by atoms with van der Waals surface area (Å²) in [5.41, 5.74) is 0.436. The number of fused-ring (bicyclic) bond motifs is 1. The van der Waals surface area contributed by atoms with E-state index in [0.29, 0.717) is 23.4 Å². The SMILES string of the molecule is N#CNc1nc2ccc(Br)cc2c(=O)n1CCCN1CCOCC1. The molecule has 1 aromatic heterocycles. The van der Waals surface area contributed by atoms with Gasteiger partial charge < -0.3 is 4.74 Å². The number of nitriles is 1. The molecule has 0 aliphatic carbocycles. The number of benzene rings is 1. The Hall–Kier alpha value is -1.95. The fourth-order valence-corrected chi connectivity index (χ4v) is 3.18. The number of anilines is 1. The maximum Gasteiger partial charge on any atom is 0.262 e. The molecule has 1 fully saturated rings. The second kappa shape index (κ2) is 7.75. The molecule has 126 valence electrons. The molecule has 0 radical (unpaired) electrons. The summed E-state index contributed by atoms with van der Waals surface area (Å²) in [6.07, 6.45) is 2.67. The molecule has 0 saturated carbocycles. The summed E-state index contributed by atoms with van der Waals surface area (Å²) in [4.78, 5) is 19.5. The first-order valence-electron chi connectivity index (χ1n) is 7.84. The molecule has 3 rings (SSSR count). The third-order valence-corrected chi connectivity index (χ3v) is 4.54. The zero-order valence-corrected chi connectivity index (χ0v) is 14.8. The molecule has 2 aromatic rings. The van der Waals surface area contributed by atoms with Gasteiger partial charge >= 0.3 is 0 Å². The highest BCUT2D eigenvalue weighted by Crippen LogP contribution is 2.17. The van der Waals surface area contributed by atoms with E-state index < -0.39 is 0 Å². The second-order valence-electron chi connectivity index (χ2n) is 5.60. The smallest absolute Gasteiger partial charge is 0.262 e. The van der Waals surface area contributed by atoms with Gasteiger partial charge in [0.2, 0.25) is 5.95 Å². The Morgan fingerprint density at radius 1 is 1.33 bits per heavy atom. The molecule has 1 N–H and O–H groups in total. The minimum Gasteiger partial charge on any atom is -0.379 e. The van der Waals surface area contributed by atoms with E-state index in [1.54, 1.807) is 16.7 Å². The molecular formula is C16H18BrN5O2. The summed E-state index contributed by atoms with van der Waals surface area (Å²) in [6.45, 7) is 4.75. The van der Waals surface area contributed by atoms with Crippen molar-refractivity contribution in [2.24, 2.45) is 0 Å². The van der Waals surface area contributed by atoms with Gasteiger partial charge in [-0.1, -0.05) is 15.9 Å². The number of morpholine rings is 1. The first-order chi connectivity index (χ1) is 11.7. The molecule has 2 heterocycles. The molecule has 0 amide bonds. The van der Waals surface area contributed by atoms with Crippen LogP contribution in [0.4, 0.5) is 5.95 Å². The van der Waals surface area contributed by atoms with Gasteiger partial charge in [0.05, 0.1) is 24.1 Å². The topological polar surface area (TPSA) is 83.2 Å². The average Bonchev–Trinajstić information content (AvgIpc) is 2.59. The van der Waals surface area contributed by atoms with Gasteiger partial charge in [-0.2, -0.15) is 5.26 Å². The Balaban J connectivity index is 1.84. The lowest BCUT2D eigenvalue weighted by molar-refractivity contribution is 0.0369. The van der Waals surface area contributed by atoms with Gasteiger partial charge in [0.25, 0.3) is 5.56 Å². The zero-order valence-electron chi connectivity index (χ0n) is 13.2. The van der Waals surface area contributed by atoms with Crippen LogP contribution in [0.1, 0.15) is 6.42 Å². The highest BCUT2D eigenvalue weighted by atomic mass is 79.9. The normalized spacial score (nSPS) is 15.3. The molecule has 24 heavy (non-hydrogen) atoms. The molecule has 1 aliphatic heterocycles. The molecular weight excluding hydrogens is 374 g/mol. The Labute approximate surface area is 148 Å². The summed E-state index contributed by atoms with van der Waals surface area (Å²) < 4.78 is 7.71. The van der Waals surface area contributed by atoms with Gasteiger partial charge in [-0.3, -0.25) is 19.6 Å². The van der Waals surface area contributed by atoms with Crippen molar-refractivity contribution >= 4 is 32.8 Å². The van der Waals surface area contributed by atoms with E-state index in [-0.39, 0.29) is 5.56 Å². The monoisotopic (exact) mass is 391 g/mol. The Bertz CT molecular complexity index is 824. The number of rotatable bonds is 5. The maximum atomic E-state index is 12.8. The molecule has 0 bridgehead atoms. The van der Waals surface area contributed by atoms with Crippen LogP contribution in [-0.2, 0) is 11.3 Å². The van der Waals surface area contributed by atoms with Crippen LogP contribution >= 0.6 is 15.9 Å². The van der Waals surface area contributed by atoms with Gasteiger partial charge in [-0.05, 0) is 24.6 Å². The molecule has 0 unspecified atom stereocenters. The van der Waals surface area contributed by atoms with Crippen molar-refractivity contribution in [1.29, 1.82) is 5.26 Å². The van der Waals surface area contributed by atoms with Crippen molar-refractivity contribution in [3.8, 4) is 6.19 Å². The van der Waals surface area contributed by atoms with Crippen LogP contribution < -0.4 is 10.9 Å². The number of aromatic nitrogens is 2. The van der Waals surface area contributed by atoms with Crippen LogP contribution in [-0.4, -0.2) is 47.3 Å². The molecule has 1 saturated heterocycles. The molecule has 0 spiro atoms. The largest absolute Gasteiger partial charge is 0.379 e. The van der Waals surface area contributed by atoms with Crippen molar-refractivity contribution in [2.45, 2.75) is 13.0 Å².